The third kappa shape index (κ3) is 4.41. The third-order valence-electron chi connectivity index (χ3n) is 6.13. The molecule has 0 aliphatic carbocycles. The largest absolute Gasteiger partial charge is 0.391 e. The summed E-state index contributed by atoms with van der Waals surface area (Å²) in [6.45, 7) is 5.43. The lowest BCUT2D eigenvalue weighted by atomic mass is 10.1. The van der Waals surface area contributed by atoms with Crippen LogP contribution in [0.2, 0.25) is 0 Å². The van der Waals surface area contributed by atoms with E-state index in [4.69, 9.17) is 16.0 Å². The van der Waals surface area contributed by atoms with Crippen molar-refractivity contribution in [2.75, 3.05) is 23.3 Å². The van der Waals surface area contributed by atoms with Gasteiger partial charge in [-0.25, -0.2) is 19.5 Å². The van der Waals surface area contributed by atoms with Gasteiger partial charge < -0.3 is 21.1 Å². The zero-order valence-corrected chi connectivity index (χ0v) is 19.8. The van der Waals surface area contributed by atoms with Crippen LogP contribution in [0.1, 0.15) is 29.8 Å². The molecule has 1 aliphatic heterocycles. The first-order valence-corrected chi connectivity index (χ1v) is 11.4. The van der Waals surface area contributed by atoms with Crippen LogP contribution in [-0.2, 0) is 6.54 Å². The lowest BCUT2D eigenvalue weighted by Crippen LogP contribution is -2.30. The fraction of sp³-hybridized carbons (Fsp3) is 0.348. The number of aliphatic hydroxyl groups is 1. The summed E-state index contributed by atoms with van der Waals surface area (Å²) in [6.07, 6.45) is 9.12. The average Bonchev–Trinajstić information content (AvgIpc) is 3.57. The standard InChI is InChI=1S/C23H25N11O2/c1-13-8-32(23-26-4-15(3-24)5-27-23)11-18(13)30-20-17(21(25)36)7-29-34-12-19(31-22(20)34)16-6-28-33(10-16)9-14(2)35/h4-7,10,12-14,18,30,35H,8-9,11H2,1-2H3,(H2,25,36)/t13-,14+,18-/m1/s1. The van der Waals surface area contributed by atoms with E-state index in [0.717, 1.165) is 5.56 Å². The second-order valence-electron chi connectivity index (χ2n) is 9.01. The molecular formula is C23H25N11O2. The number of aliphatic hydroxyl groups excluding tert-OH is 1. The van der Waals surface area contributed by atoms with Gasteiger partial charge in [0.2, 0.25) is 5.95 Å². The summed E-state index contributed by atoms with van der Waals surface area (Å²) >= 11 is 0. The van der Waals surface area contributed by atoms with Crippen LogP contribution in [0, 0.1) is 17.2 Å². The second kappa shape index (κ2) is 9.23. The summed E-state index contributed by atoms with van der Waals surface area (Å²) < 4.78 is 3.24. The molecule has 0 radical (unpaired) electrons. The van der Waals surface area contributed by atoms with E-state index in [1.54, 1.807) is 34.7 Å². The monoisotopic (exact) mass is 487 g/mol. The number of carbonyl (C=O) groups excluding carboxylic acids is 1. The van der Waals surface area contributed by atoms with Crippen molar-refractivity contribution in [1.29, 1.82) is 5.26 Å². The van der Waals surface area contributed by atoms with Gasteiger partial charge in [0.05, 0.1) is 66.1 Å². The molecule has 1 fully saturated rings. The van der Waals surface area contributed by atoms with E-state index in [1.807, 2.05) is 11.0 Å². The number of fused-ring (bicyclic) bond motifs is 1. The molecule has 4 N–H and O–H groups in total. The molecule has 0 bridgehead atoms. The number of rotatable bonds is 7. The summed E-state index contributed by atoms with van der Waals surface area (Å²) in [7, 11) is 0. The SMILES string of the molecule is C[C@H](O)Cn1cc(-c2cn3ncc(C(N)=O)c(N[C@@H]4CN(c5ncc(C#N)cn5)C[C@H]4C)c3n2)cn1. The van der Waals surface area contributed by atoms with Gasteiger partial charge in [0, 0.05) is 30.9 Å². The predicted molar refractivity (Wildman–Crippen MR) is 130 cm³/mol. The molecule has 0 saturated carbocycles. The predicted octanol–water partition coefficient (Wildman–Crippen LogP) is 0.671. The number of primary amides is 1. The first-order chi connectivity index (χ1) is 17.3. The Hall–Kier alpha value is -4.57. The van der Waals surface area contributed by atoms with Crippen LogP contribution < -0.4 is 16.0 Å². The van der Waals surface area contributed by atoms with Gasteiger partial charge in [-0.1, -0.05) is 6.92 Å². The first-order valence-electron chi connectivity index (χ1n) is 11.4. The van der Waals surface area contributed by atoms with Crippen LogP contribution in [0.15, 0.2) is 37.2 Å². The van der Waals surface area contributed by atoms with Crippen molar-refractivity contribution >= 4 is 23.2 Å². The van der Waals surface area contributed by atoms with Crippen molar-refractivity contribution in [3.63, 3.8) is 0 Å². The molecule has 5 rings (SSSR count). The Morgan fingerprint density at radius 3 is 2.72 bits per heavy atom. The molecule has 13 nitrogen and oxygen atoms in total. The van der Waals surface area contributed by atoms with E-state index in [1.165, 1.54) is 18.6 Å². The van der Waals surface area contributed by atoms with Crippen molar-refractivity contribution in [3.05, 3.63) is 48.3 Å². The molecule has 184 valence electrons. The molecule has 4 aromatic rings. The molecule has 3 atom stereocenters. The Morgan fingerprint density at radius 2 is 2.03 bits per heavy atom. The number of nitriles is 1. The first kappa shape index (κ1) is 23.2. The summed E-state index contributed by atoms with van der Waals surface area (Å²) in [6, 6.07) is 1.97. The van der Waals surface area contributed by atoms with Crippen molar-refractivity contribution in [1.82, 2.24) is 34.3 Å². The van der Waals surface area contributed by atoms with Gasteiger partial charge in [-0.05, 0) is 12.8 Å². The highest BCUT2D eigenvalue weighted by Gasteiger charge is 2.32. The maximum Gasteiger partial charge on any atom is 0.252 e. The number of hydrogen-bond donors (Lipinski definition) is 3. The molecular weight excluding hydrogens is 462 g/mol. The van der Waals surface area contributed by atoms with Gasteiger partial charge in [0.25, 0.3) is 5.91 Å². The quantitative estimate of drug-likeness (QED) is 0.336. The van der Waals surface area contributed by atoms with Gasteiger partial charge in [0.1, 0.15) is 6.07 Å². The van der Waals surface area contributed by atoms with Gasteiger partial charge in [0.15, 0.2) is 5.65 Å². The van der Waals surface area contributed by atoms with Gasteiger partial charge >= 0.3 is 0 Å². The molecule has 5 heterocycles. The molecule has 4 aromatic heterocycles. The number of anilines is 2. The van der Waals surface area contributed by atoms with Crippen LogP contribution in [-0.4, -0.2) is 70.6 Å². The number of nitrogens with zero attached hydrogens (tertiary/aromatic N) is 9. The Kier molecular flexibility index (Phi) is 5.95. The van der Waals surface area contributed by atoms with Crippen molar-refractivity contribution in [3.8, 4) is 17.3 Å². The number of hydrogen-bond acceptors (Lipinski definition) is 10. The topological polar surface area (TPSA) is 176 Å². The third-order valence-corrected chi connectivity index (χ3v) is 6.13. The zero-order chi connectivity index (χ0) is 25.4. The minimum absolute atomic E-state index is 0.0533. The number of nitrogens with one attached hydrogen (secondary N) is 1. The van der Waals surface area contributed by atoms with Gasteiger partial charge in [-0.15, -0.1) is 0 Å². The summed E-state index contributed by atoms with van der Waals surface area (Å²) in [5.74, 6) is 0.114. The summed E-state index contributed by atoms with van der Waals surface area (Å²) in [5.41, 5.74) is 8.66. The molecule has 1 saturated heterocycles. The van der Waals surface area contributed by atoms with E-state index in [-0.39, 0.29) is 17.5 Å². The minimum atomic E-state index is -0.611. The highest BCUT2D eigenvalue weighted by Crippen LogP contribution is 2.29. The van der Waals surface area contributed by atoms with E-state index in [9.17, 15) is 9.90 Å². The fourth-order valence-corrected chi connectivity index (χ4v) is 4.31. The van der Waals surface area contributed by atoms with E-state index >= 15 is 0 Å². The number of imidazole rings is 1. The summed E-state index contributed by atoms with van der Waals surface area (Å²) in [4.78, 5) is 27.6. The fourth-order valence-electron chi connectivity index (χ4n) is 4.31. The van der Waals surface area contributed by atoms with Crippen LogP contribution in [0.4, 0.5) is 11.6 Å². The van der Waals surface area contributed by atoms with Crippen LogP contribution in [0.5, 0.6) is 0 Å². The molecule has 1 aliphatic rings. The maximum absolute atomic E-state index is 12.3. The molecule has 0 spiro atoms. The second-order valence-corrected chi connectivity index (χ2v) is 9.01. The van der Waals surface area contributed by atoms with E-state index < -0.39 is 12.0 Å². The Balaban J connectivity index is 1.45. The molecule has 0 aromatic carbocycles. The lowest BCUT2D eigenvalue weighted by Gasteiger charge is -2.20. The van der Waals surface area contributed by atoms with Crippen LogP contribution in [0.3, 0.4) is 0 Å². The number of nitrogens with two attached hydrogens (primary N) is 1. The highest BCUT2D eigenvalue weighted by atomic mass is 16.3. The molecule has 0 unspecified atom stereocenters. The van der Waals surface area contributed by atoms with Gasteiger partial charge in [-0.3, -0.25) is 9.48 Å². The summed E-state index contributed by atoms with van der Waals surface area (Å²) in [5, 5.41) is 30.7. The normalized spacial score (nSPS) is 18.3. The number of aromatic nitrogens is 7. The Bertz CT molecular complexity index is 1450. The van der Waals surface area contributed by atoms with Crippen molar-refractivity contribution in [2.45, 2.75) is 32.5 Å². The van der Waals surface area contributed by atoms with Crippen molar-refractivity contribution < 1.29 is 9.90 Å². The molecule has 1 amide bonds. The van der Waals surface area contributed by atoms with Crippen LogP contribution >= 0.6 is 0 Å². The molecule has 36 heavy (non-hydrogen) atoms. The molecule has 13 heteroatoms. The average molecular weight is 488 g/mol. The van der Waals surface area contributed by atoms with Crippen molar-refractivity contribution in [2.24, 2.45) is 11.7 Å². The Labute approximate surface area is 206 Å². The highest BCUT2D eigenvalue weighted by molar-refractivity contribution is 6.01. The maximum atomic E-state index is 12.3. The number of amides is 1. The van der Waals surface area contributed by atoms with Crippen LogP contribution in [0.25, 0.3) is 16.9 Å². The zero-order valence-electron chi connectivity index (χ0n) is 19.8. The number of carbonyl (C=O) groups is 1. The van der Waals surface area contributed by atoms with E-state index in [0.29, 0.717) is 48.2 Å². The van der Waals surface area contributed by atoms with Gasteiger partial charge in [-0.2, -0.15) is 15.5 Å². The lowest BCUT2D eigenvalue weighted by molar-refractivity contribution is 0.100. The minimum Gasteiger partial charge on any atom is -0.391 e. The smallest absolute Gasteiger partial charge is 0.252 e. The Morgan fingerprint density at radius 1 is 1.25 bits per heavy atom. The van der Waals surface area contributed by atoms with E-state index in [2.05, 4.69) is 32.4 Å².